The van der Waals surface area contributed by atoms with Gasteiger partial charge in [-0.1, -0.05) is 12.8 Å². The molecule has 160 valence electrons. The van der Waals surface area contributed by atoms with Crippen molar-refractivity contribution in [2.45, 2.75) is 52.5 Å². The van der Waals surface area contributed by atoms with Crippen LogP contribution in [0.3, 0.4) is 0 Å². The molecule has 0 unspecified atom stereocenters. The Hall–Kier alpha value is -3.22. The molecule has 1 fully saturated rings. The van der Waals surface area contributed by atoms with Gasteiger partial charge < -0.3 is 9.72 Å². The number of ether oxygens (including phenoxy) is 1. The number of pyridine rings is 2. The topological polar surface area (TPSA) is 72.8 Å². The first kappa shape index (κ1) is 19.7. The summed E-state index contributed by atoms with van der Waals surface area (Å²) in [7, 11) is 0. The standard InChI is InChI=1S/C24H25FN4O2/c1-4-31-21-9-13(2)22(14(3)27-21)16-11-20-17(10-19(16)25)23-18(24(30)28-20)12-26-29(23)15-7-5-6-8-15/h9-12,15H,4-8H2,1-3H3,(H,28,30). The number of nitrogens with one attached hydrogen (secondary N) is 1. The first-order chi connectivity index (χ1) is 15.0. The van der Waals surface area contributed by atoms with Gasteiger partial charge in [-0.2, -0.15) is 5.10 Å². The molecular formula is C24H25FN4O2. The minimum absolute atomic E-state index is 0.206. The lowest BCUT2D eigenvalue weighted by Gasteiger charge is -2.15. The molecule has 0 amide bonds. The van der Waals surface area contributed by atoms with Crippen molar-refractivity contribution in [2.75, 3.05) is 6.61 Å². The van der Waals surface area contributed by atoms with Crippen molar-refractivity contribution >= 4 is 21.8 Å². The van der Waals surface area contributed by atoms with E-state index < -0.39 is 0 Å². The first-order valence-corrected chi connectivity index (χ1v) is 10.8. The monoisotopic (exact) mass is 420 g/mol. The fraction of sp³-hybridized carbons (Fsp3) is 0.375. The zero-order valence-electron chi connectivity index (χ0n) is 18.0. The molecule has 0 saturated heterocycles. The highest BCUT2D eigenvalue weighted by Crippen LogP contribution is 2.36. The van der Waals surface area contributed by atoms with Crippen molar-refractivity contribution < 1.29 is 9.13 Å². The smallest absolute Gasteiger partial charge is 0.259 e. The van der Waals surface area contributed by atoms with Crippen LogP contribution in [0.1, 0.15) is 49.9 Å². The molecule has 0 bridgehead atoms. The van der Waals surface area contributed by atoms with Crippen molar-refractivity contribution in [3.8, 4) is 17.0 Å². The van der Waals surface area contributed by atoms with Crippen LogP contribution in [0.4, 0.5) is 4.39 Å². The SMILES string of the molecule is CCOc1cc(C)c(-c2cc3[nH]c(=O)c4cnn(C5CCCC5)c4c3cc2F)c(C)n1. The maximum Gasteiger partial charge on any atom is 0.259 e. The summed E-state index contributed by atoms with van der Waals surface area (Å²) in [4.78, 5) is 20.2. The predicted octanol–water partition coefficient (Wildman–Crippen LogP) is 5.21. The summed E-state index contributed by atoms with van der Waals surface area (Å²) in [5, 5.41) is 5.68. The summed E-state index contributed by atoms with van der Waals surface area (Å²) < 4.78 is 22.9. The third-order valence-corrected chi connectivity index (χ3v) is 6.26. The van der Waals surface area contributed by atoms with Crippen LogP contribution in [0.15, 0.2) is 29.2 Å². The van der Waals surface area contributed by atoms with Crippen LogP contribution >= 0.6 is 0 Å². The largest absolute Gasteiger partial charge is 0.478 e. The second-order valence-electron chi connectivity index (χ2n) is 8.29. The first-order valence-electron chi connectivity index (χ1n) is 10.8. The van der Waals surface area contributed by atoms with E-state index >= 15 is 4.39 Å². The molecule has 6 nitrogen and oxygen atoms in total. The van der Waals surface area contributed by atoms with Crippen LogP contribution in [0, 0.1) is 19.7 Å². The fourth-order valence-corrected chi connectivity index (χ4v) is 4.90. The molecule has 5 rings (SSSR count). The van der Waals surface area contributed by atoms with Crippen LogP contribution in [-0.2, 0) is 0 Å². The third-order valence-electron chi connectivity index (χ3n) is 6.26. The normalized spacial score (nSPS) is 14.7. The summed E-state index contributed by atoms with van der Waals surface area (Å²) in [5.41, 5.74) is 3.79. The Kier molecular flexibility index (Phi) is 4.76. The number of fused-ring (bicyclic) bond motifs is 3. The zero-order chi connectivity index (χ0) is 21.7. The van der Waals surface area contributed by atoms with E-state index in [0.29, 0.717) is 45.6 Å². The number of aromatic nitrogens is 4. The molecule has 0 radical (unpaired) electrons. The van der Waals surface area contributed by atoms with E-state index in [0.717, 1.165) is 36.8 Å². The van der Waals surface area contributed by atoms with E-state index in [1.807, 2.05) is 31.5 Å². The minimum atomic E-state index is -0.350. The van der Waals surface area contributed by atoms with E-state index in [1.165, 1.54) is 6.07 Å². The van der Waals surface area contributed by atoms with Gasteiger partial charge in [-0.25, -0.2) is 9.37 Å². The summed E-state index contributed by atoms with van der Waals surface area (Å²) in [6.07, 6.45) is 5.95. The molecule has 3 heterocycles. The van der Waals surface area contributed by atoms with E-state index in [2.05, 4.69) is 15.1 Å². The average Bonchev–Trinajstić information content (AvgIpc) is 3.38. The van der Waals surface area contributed by atoms with Crippen LogP contribution in [-0.4, -0.2) is 26.4 Å². The zero-order valence-corrected chi connectivity index (χ0v) is 18.0. The molecule has 1 aromatic carbocycles. The van der Waals surface area contributed by atoms with Gasteiger partial charge in [0.2, 0.25) is 5.88 Å². The van der Waals surface area contributed by atoms with Gasteiger partial charge in [-0.15, -0.1) is 0 Å². The molecule has 1 saturated carbocycles. The van der Waals surface area contributed by atoms with Gasteiger partial charge >= 0.3 is 0 Å². The Morgan fingerprint density at radius 2 is 1.97 bits per heavy atom. The van der Waals surface area contributed by atoms with Gasteiger partial charge in [0.1, 0.15) is 5.82 Å². The number of hydrogen-bond acceptors (Lipinski definition) is 4. The number of benzene rings is 1. The average molecular weight is 420 g/mol. The number of hydrogen-bond donors (Lipinski definition) is 1. The van der Waals surface area contributed by atoms with Crippen LogP contribution < -0.4 is 10.3 Å². The van der Waals surface area contributed by atoms with E-state index in [-0.39, 0.29) is 17.4 Å². The lowest BCUT2D eigenvalue weighted by molar-refractivity contribution is 0.326. The molecule has 0 aliphatic heterocycles. The summed E-state index contributed by atoms with van der Waals surface area (Å²) in [5.74, 6) is 0.176. The van der Waals surface area contributed by atoms with Crippen molar-refractivity contribution in [2.24, 2.45) is 0 Å². The molecule has 4 aromatic rings. The third kappa shape index (κ3) is 3.19. The second-order valence-corrected chi connectivity index (χ2v) is 8.29. The van der Waals surface area contributed by atoms with Crippen molar-refractivity contribution in [3.63, 3.8) is 0 Å². The Bertz CT molecular complexity index is 1340. The predicted molar refractivity (Wildman–Crippen MR) is 119 cm³/mol. The summed E-state index contributed by atoms with van der Waals surface area (Å²) in [6.45, 7) is 6.17. The van der Waals surface area contributed by atoms with Crippen LogP contribution in [0.2, 0.25) is 0 Å². The van der Waals surface area contributed by atoms with Gasteiger partial charge in [0.05, 0.1) is 35.3 Å². The summed E-state index contributed by atoms with van der Waals surface area (Å²) in [6, 6.07) is 5.31. The van der Waals surface area contributed by atoms with Crippen LogP contribution in [0.5, 0.6) is 5.88 Å². The Morgan fingerprint density at radius 3 is 2.68 bits per heavy atom. The van der Waals surface area contributed by atoms with Crippen LogP contribution in [0.25, 0.3) is 32.9 Å². The number of rotatable bonds is 4. The Labute approximate surface area is 179 Å². The molecule has 7 heteroatoms. The molecule has 31 heavy (non-hydrogen) atoms. The number of nitrogens with zero attached hydrogens (tertiary/aromatic N) is 3. The van der Waals surface area contributed by atoms with E-state index in [4.69, 9.17) is 4.74 Å². The fourth-order valence-electron chi connectivity index (χ4n) is 4.90. The second kappa shape index (κ2) is 7.48. The lowest BCUT2D eigenvalue weighted by Crippen LogP contribution is -2.10. The number of aromatic amines is 1. The highest BCUT2D eigenvalue weighted by molar-refractivity contribution is 6.04. The van der Waals surface area contributed by atoms with Gasteiger partial charge in [0.15, 0.2) is 0 Å². The summed E-state index contributed by atoms with van der Waals surface area (Å²) >= 11 is 0. The number of halogens is 1. The maximum absolute atomic E-state index is 15.5. The highest BCUT2D eigenvalue weighted by atomic mass is 19.1. The highest BCUT2D eigenvalue weighted by Gasteiger charge is 2.23. The number of aryl methyl sites for hydroxylation is 2. The molecule has 3 aromatic heterocycles. The van der Waals surface area contributed by atoms with Crippen molar-refractivity contribution in [3.05, 3.63) is 51.8 Å². The van der Waals surface area contributed by atoms with Gasteiger partial charge in [-0.3, -0.25) is 9.48 Å². The quantitative estimate of drug-likeness (QED) is 0.492. The number of H-pyrrole nitrogens is 1. The maximum atomic E-state index is 15.5. The molecule has 0 spiro atoms. The van der Waals surface area contributed by atoms with Gasteiger partial charge in [-0.05, 0) is 51.3 Å². The Balaban J connectivity index is 1.75. The lowest BCUT2D eigenvalue weighted by atomic mass is 9.97. The molecule has 1 aliphatic rings. The van der Waals surface area contributed by atoms with Crippen molar-refractivity contribution in [1.29, 1.82) is 0 Å². The van der Waals surface area contributed by atoms with E-state index in [9.17, 15) is 4.79 Å². The minimum Gasteiger partial charge on any atom is -0.478 e. The molecule has 0 atom stereocenters. The molecule has 1 aliphatic carbocycles. The van der Waals surface area contributed by atoms with E-state index in [1.54, 1.807) is 12.3 Å². The van der Waals surface area contributed by atoms with Gasteiger partial charge in [0.25, 0.3) is 5.56 Å². The van der Waals surface area contributed by atoms with Crippen molar-refractivity contribution in [1.82, 2.24) is 19.7 Å². The molecule has 1 N–H and O–H groups in total. The van der Waals surface area contributed by atoms with Gasteiger partial charge in [0, 0.05) is 28.3 Å². The Morgan fingerprint density at radius 1 is 1.19 bits per heavy atom. The molecular weight excluding hydrogens is 395 g/mol.